The van der Waals surface area contributed by atoms with Gasteiger partial charge in [-0.25, -0.2) is 24.7 Å². The molecule has 1 aliphatic heterocycles. The van der Waals surface area contributed by atoms with Crippen LogP contribution in [0, 0.1) is 0 Å². The first kappa shape index (κ1) is 26.1. The van der Waals surface area contributed by atoms with Crippen LogP contribution >= 0.6 is 0 Å². The molecule has 1 fully saturated rings. The fourth-order valence-electron chi connectivity index (χ4n) is 4.11. The highest BCUT2D eigenvalue weighted by Gasteiger charge is 2.31. The Morgan fingerprint density at radius 2 is 1.84 bits per heavy atom. The number of carbonyl (C=O) groups is 2. The maximum absolute atomic E-state index is 12.3. The highest BCUT2D eigenvalue weighted by atomic mass is 16.6. The summed E-state index contributed by atoms with van der Waals surface area (Å²) in [6.45, 7) is 7.85. The summed E-state index contributed by atoms with van der Waals surface area (Å²) >= 11 is 0. The second-order valence-electron chi connectivity index (χ2n) is 9.89. The average Bonchev–Trinajstić information content (AvgIpc) is 3.36. The van der Waals surface area contributed by atoms with E-state index in [0.717, 1.165) is 54.3 Å². The number of hydrogen-bond acceptors (Lipinski definition) is 8. The molecule has 1 atom stereocenters. The van der Waals surface area contributed by atoms with Gasteiger partial charge in [-0.3, -0.25) is 4.79 Å². The summed E-state index contributed by atoms with van der Waals surface area (Å²) in [5, 5.41) is 5.35. The van der Waals surface area contributed by atoms with Crippen LogP contribution in [0.15, 0.2) is 61.1 Å². The molecule has 4 aromatic rings. The molecule has 9 heteroatoms. The minimum Gasteiger partial charge on any atom is -0.444 e. The Morgan fingerprint density at radius 1 is 1.08 bits per heavy atom. The van der Waals surface area contributed by atoms with Gasteiger partial charge in [0, 0.05) is 60.6 Å². The van der Waals surface area contributed by atoms with Crippen LogP contribution in [-0.4, -0.2) is 61.9 Å². The highest BCUT2D eigenvalue weighted by Crippen LogP contribution is 2.20. The van der Waals surface area contributed by atoms with Crippen LogP contribution in [0.1, 0.15) is 49.7 Å². The number of aldehydes is 1. The van der Waals surface area contributed by atoms with Gasteiger partial charge in [0.25, 0.3) is 0 Å². The molecule has 9 nitrogen and oxygen atoms in total. The summed E-state index contributed by atoms with van der Waals surface area (Å²) in [4.78, 5) is 41.4. The van der Waals surface area contributed by atoms with E-state index in [0.29, 0.717) is 17.8 Å². The fraction of sp³-hybridized carbons (Fsp3) is 0.357. The lowest BCUT2D eigenvalue weighted by Gasteiger charge is -2.28. The van der Waals surface area contributed by atoms with Crippen molar-refractivity contribution in [1.82, 2.24) is 30.2 Å². The Labute approximate surface area is 216 Å². The number of amides is 1. The van der Waals surface area contributed by atoms with E-state index in [-0.39, 0.29) is 12.1 Å². The molecular weight excluding hydrogens is 468 g/mol. The molecule has 1 saturated heterocycles. The van der Waals surface area contributed by atoms with Gasteiger partial charge in [-0.15, -0.1) is 0 Å². The predicted molar refractivity (Wildman–Crippen MR) is 142 cm³/mol. The highest BCUT2D eigenvalue weighted by molar-refractivity contribution is 5.83. The third-order valence-electron chi connectivity index (χ3n) is 5.82. The quantitative estimate of drug-likeness (QED) is 0.397. The van der Waals surface area contributed by atoms with Gasteiger partial charge in [-0.05, 0) is 76.1 Å². The zero-order chi connectivity index (χ0) is 26.3. The van der Waals surface area contributed by atoms with Crippen LogP contribution < -0.4 is 5.32 Å². The molecule has 0 bridgehead atoms. The molecule has 1 N–H and O–H groups in total. The van der Waals surface area contributed by atoms with Gasteiger partial charge in [0.15, 0.2) is 17.6 Å². The normalized spacial score (nSPS) is 15.3. The molecule has 0 aromatic carbocycles. The van der Waals surface area contributed by atoms with E-state index in [1.165, 1.54) is 6.20 Å². The number of pyridine rings is 4. The molecule has 5 rings (SSSR count). The first-order valence-electron chi connectivity index (χ1n) is 12.4. The van der Waals surface area contributed by atoms with Crippen LogP contribution in [0.4, 0.5) is 4.79 Å². The molecule has 0 unspecified atom stereocenters. The Bertz CT molecular complexity index is 1370. The number of nitrogens with zero attached hydrogens (tertiary/aromatic N) is 5. The van der Waals surface area contributed by atoms with E-state index in [1.807, 2.05) is 62.1 Å². The van der Waals surface area contributed by atoms with Crippen molar-refractivity contribution in [2.24, 2.45) is 0 Å². The van der Waals surface area contributed by atoms with E-state index >= 15 is 0 Å². The van der Waals surface area contributed by atoms with Crippen molar-refractivity contribution in [1.29, 1.82) is 0 Å². The minimum atomic E-state index is -0.459. The third kappa shape index (κ3) is 7.27. The molecule has 4 aromatic heterocycles. The Kier molecular flexibility index (Phi) is 8.35. The smallest absolute Gasteiger partial charge is 0.410 e. The van der Waals surface area contributed by atoms with E-state index in [4.69, 9.17) is 4.74 Å². The summed E-state index contributed by atoms with van der Waals surface area (Å²) in [6.07, 6.45) is 7.52. The Morgan fingerprint density at radius 3 is 2.59 bits per heavy atom. The van der Waals surface area contributed by atoms with Gasteiger partial charge >= 0.3 is 6.09 Å². The number of aromatic nitrogens is 4. The summed E-state index contributed by atoms with van der Waals surface area (Å²) in [5.74, 6) is 0. The maximum atomic E-state index is 12.3. The van der Waals surface area contributed by atoms with Gasteiger partial charge in [0.05, 0.1) is 5.69 Å². The number of likely N-dealkylation sites (tertiary alicyclic amines) is 1. The molecular formula is C28H32N6O3. The van der Waals surface area contributed by atoms with Crippen molar-refractivity contribution in [2.75, 3.05) is 13.1 Å². The number of nitrogens with one attached hydrogen (secondary N) is 1. The number of hydrogen-bond donors (Lipinski definition) is 1. The van der Waals surface area contributed by atoms with E-state index in [1.54, 1.807) is 18.5 Å². The first-order chi connectivity index (χ1) is 17.8. The largest absolute Gasteiger partial charge is 0.444 e. The van der Waals surface area contributed by atoms with E-state index in [2.05, 4.69) is 25.3 Å². The summed E-state index contributed by atoms with van der Waals surface area (Å²) in [7, 11) is 0. The minimum absolute atomic E-state index is 0.174. The lowest BCUT2D eigenvalue weighted by Crippen LogP contribution is -2.44. The van der Waals surface area contributed by atoms with Crippen LogP contribution in [0.2, 0.25) is 0 Å². The van der Waals surface area contributed by atoms with Gasteiger partial charge in [0.1, 0.15) is 5.60 Å². The molecule has 1 amide bonds. The molecule has 37 heavy (non-hydrogen) atoms. The van der Waals surface area contributed by atoms with Crippen LogP contribution in [0.3, 0.4) is 0 Å². The maximum Gasteiger partial charge on any atom is 0.410 e. The lowest BCUT2D eigenvalue weighted by atomic mass is 10.2. The van der Waals surface area contributed by atoms with Crippen molar-refractivity contribution in [3.05, 3.63) is 72.3 Å². The van der Waals surface area contributed by atoms with Crippen LogP contribution in [0.25, 0.3) is 22.1 Å². The summed E-state index contributed by atoms with van der Waals surface area (Å²) < 4.78 is 5.50. The number of ether oxygens (including phenoxy) is 1. The summed E-state index contributed by atoms with van der Waals surface area (Å²) in [6, 6.07) is 13.6. The van der Waals surface area contributed by atoms with Crippen molar-refractivity contribution in [3.8, 4) is 0 Å². The Hall–Kier alpha value is -3.98. The van der Waals surface area contributed by atoms with Crippen molar-refractivity contribution in [3.63, 3.8) is 0 Å². The SMILES string of the molecule is CC(C)(C)OC(=O)N1CCC[C@H]1CNCc1ccc2cccnc2n1.O=Cc1cnc2ncccc2c1. The molecule has 1 aliphatic rings. The fourth-order valence-corrected chi connectivity index (χ4v) is 4.11. The van der Waals surface area contributed by atoms with E-state index < -0.39 is 5.60 Å². The van der Waals surface area contributed by atoms with Gasteiger partial charge in [0.2, 0.25) is 0 Å². The number of fused-ring (bicyclic) bond motifs is 2. The second kappa shape index (κ2) is 11.8. The zero-order valence-electron chi connectivity index (χ0n) is 21.4. The van der Waals surface area contributed by atoms with Gasteiger partial charge in [-0.1, -0.05) is 0 Å². The van der Waals surface area contributed by atoms with E-state index in [9.17, 15) is 9.59 Å². The van der Waals surface area contributed by atoms with Crippen LogP contribution in [-0.2, 0) is 11.3 Å². The summed E-state index contributed by atoms with van der Waals surface area (Å²) in [5.41, 5.74) is 2.50. The Balaban J connectivity index is 0.000000222. The molecule has 192 valence electrons. The zero-order valence-corrected chi connectivity index (χ0v) is 21.4. The van der Waals surface area contributed by atoms with Gasteiger partial charge in [-0.2, -0.15) is 0 Å². The molecule has 0 spiro atoms. The van der Waals surface area contributed by atoms with Gasteiger partial charge < -0.3 is 15.0 Å². The van der Waals surface area contributed by atoms with Crippen molar-refractivity contribution >= 4 is 34.4 Å². The number of rotatable bonds is 5. The third-order valence-corrected chi connectivity index (χ3v) is 5.82. The predicted octanol–water partition coefficient (Wildman–Crippen LogP) is 4.56. The second-order valence-corrected chi connectivity index (χ2v) is 9.89. The van der Waals surface area contributed by atoms with Crippen molar-refractivity contribution in [2.45, 2.75) is 51.8 Å². The molecule has 0 saturated carbocycles. The first-order valence-corrected chi connectivity index (χ1v) is 12.4. The standard InChI is InChI=1S/C19H26N4O2.C9H6N2O/c1-19(2,3)25-18(24)23-11-5-7-16(23)13-20-12-15-9-8-14-6-4-10-21-17(14)22-15;12-6-7-4-8-2-1-3-10-9(8)11-5-7/h4,6,8-10,16,20H,5,7,11-13H2,1-3H3;1-6H/t16-;/m0./s1. The molecule has 0 radical (unpaired) electrons. The molecule has 0 aliphatic carbocycles. The monoisotopic (exact) mass is 500 g/mol. The van der Waals surface area contributed by atoms with Crippen molar-refractivity contribution < 1.29 is 14.3 Å². The average molecular weight is 501 g/mol. The number of carbonyl (C=O) groups excluding carboxylic acids is 2. The topological polar surface area (TPSA) is 110 Å². The van der Waals surface area contributed by atoms with Crippen LogP contribution in [0.5, 0.6) is 0 Å². The lowest BCUT2D eigenvalue weighted by molar-refractivity contribution is 0.0226. The molecule has 5 heterocycles.